The van der Waals surface area contributed by atoms with Crippen molar-refractivity contribution in [3.8, 4) is 11.1 Å². The minimum atomic E-state index is -1.19. The molecule has 2 nitrogen and oxygen atoms in total. The number of fused-ring (bicyclic) bond motifs is 1. The van der Waals surface area contributed by atoms with Crippen LogP contribution < -0.4 is 5.73 Å². The maximum Gasteiger partial charge on any atom is 0.254 e. The van der Waals surface area contributed by atoms with Gasteiger partial charge in [-0.25, -0.2) is 13.2 Å². The first-order chi connectivity index (χ1) is 11.9. The molecule has 1 atom stereocenters. The minimum absolute atomic E-state index is 0.0657. The van der Waals surface area contributed by atoms with Crippen LogP contribution >= 0.6 is 0 Å². The molecule has 2 aromatic carbocycles. The molecule has 0 radical (unpaired) electrons. The maximum atomic E-state index is 14.9. The van der Waals surface area contributed by atoms with Crippen LogP contribution in [0.4, 0.5) is 13.2 Å². The fourth-order valence-electron chi connectivity index (χ4n) is 3.73. The van der Waals surface area contributed by atoms with Gasteiger partial charge in [0.1, 0.15) is 23.0 Å². The first kappa shape index (κ1) is 17.5. The van der Waals surface area contributed by atoms with Gasteiger partial charge >= 0.3 is 0 Å². The predicted octanol–water partition coefficient (Wildman–Crippen LogP) is 4.77. The van der Waals surface area contributed by atoms with E-state index in [9.17, 15) is 18.0 Å². The van der Waals surface area contributed by atoms with Gasteiger partial charge in [0.15, 0.2) is 0 Å². The van der Waals surface area contributed by atoms with Gasteiger partial charge in [-0.2, -0.15) is 0 Å². The minimum Gasteiger partial charge on any atom is -0.365 e. The van der Waals surface area contributed by atoms with Crippen molar-refractivity contribution in [3.63, 3.8) is 0 Å². The van der Waals surface area contributed by atoms with Crippen molar-refractivity contribution < 1.29 is 18.0 Å². The Balaban J connectivity index is 2.02. The van der Waals surface area contributed by atoms with E-state index in [1.54, 1.807) is 6.07 Å². The number of carbonyl (C=O) groups is 1. The molecular formula is C20H20F3NO. The molecule has 1 unspecified atom stereocenters. The highest BCUT2D eigenvalue weighted by molar-refractivity contribution is 5.94. The summed E-state index contributed by atoms with van der Waals surface area (Å²) in [6.07, 6.45) is 4.61. The molecule has 0 fully saturated rings. The fraction of sp³-hybridized carbons (Fsp3) is 0.350. The van der Waals surface area contributed by atoms with Gasteiger partial charge in [-0.3, -0.25) is 4.79 Å². The van der Waals surface area contributed by atoms with Crippen LogP contribution in [0.1, 0.15) is 47.7 Å². The summed E-state index contributed by atoms with van der Waals surface area (Å²) in [5.41, 5.74) is 5.98. The topological polar surface area (TPSA) is 43.1 Å². The SMILES string of the molecule is CCCC1CCc2c(ccc(-c3cc(F)c(C(N)=O)c(F)c3)c2F)C1. The Morgan fingerprint density at radius 1 is 1.20 bits per heavy atom. The summed E-state index contributed by atoms with van der Waals surface area (Å²) in [5.74, 6) is -3.22. The lowest BCUT2D eigenvalue weighted by Crippen LogP contribution is -2.16. The van der Waals surface area contributed by atoms with Crippen molar-refractivity contribution in [3.05, 3.63) is 58.4 Å². The molecule has 132 valence electrons. The van der Waals surface area contributed by atoms with Crippen LogP contribution in [0.15, 0.2) is 24.3 Å². The third-order valence-corrected chi connectivity index (χ3v) is 4.95. The van der Waals surface area contributed by atoms with Crippen LogP contribution in [0.3, 0.4) is 0 Å². The third kappa shape index (κ3) is 3.28. The van der Waals surface area contributed by atoms with E-state index in [0.29, 0.717) is 17.9 Å². The highest BCUT2D eigenvalue weighted by atomic mass is 19.1. The van der Waals surface area contributed by atoms with E-state index in [-0.39, 0.29) is 11.1 Å². The van der Waals surface area contributed by atoms with Gasteiger partial charge < -0.3 is 5.73 Å². The van der Waals surface area contributed by atoms with E-state index in [1.807, 2.05) is 6.07 Å². The molecule has 0 spiro atoms. The van der Waals surface area contributed by atoms with Crippen LogP contribution in [0.5, 0.6) is 0 Å². The van der Waals surface area contributed by atoms with Gasteiger partial charge in [-0.05, 0) is 54.0 Å². The van der Waals surface area contributed by atoms with Gasteiger partial charge in [-0.1, -0.05) is 31.9 Å². The first-order valence-electron chi connectivity index (χ1n) is 8.51. The zero-order valence-corrected chi connectivity index (χ0v) is 14.0. The van der Waals surface area contributed by atoms with E-state index < -0.39 is 28.9 Å². The van der Waals surface area contributed by atoms with E-state index in [4.69, 9.17) is 5.73 Å². The first-order valence-corrected chi connectivity index (χ1v) is 8.51. The Morgan fingerprint density at radius 3 is 2.48 bits per heavy atom. The van der Waals surface area contributed by atoms with Gasteiger partial charge in [0.25, 0.3) is 5.91 Å². The normalized spacial score (nSPS) is 16.6. The van der Waals surface area contributed by atoms with Crippen LogP contribution in [0.25, 0.3) is 11.1 Å². The fourth-order valence-corrected chi connectivity index (χ4v) is 3.73. The summed E-state index contributed by atoms with van der Waals surface area (Å²) >= 11 is 0. The summed E-state index contributed by atoms with van der Waals surface area (Å²) in [4.78, 5) is 11.1. The number of hydrogen-bond acceptors (Lipinski definition) is 1. The molecule has 0 aromatic heterocycles. The van der Waals surface area contributed by atoms with Crippen molar-refractivity contribution >= 4 is 5.91 Å². The van der Waals surface area contributed by atoms with Crippen molar-refractivity contribution in [1.82, 2.24) is 0 Å². The van der Waals surface area contributed by atoms with E-state index >= 15 is 0 Å². The Hall–Kier alpha value is -2.30. The molecule has 1 aliphatic carbocycles. The van der Waals surface area contributed by atoms with Gasteiger partial charge in [0, 0.05) is 5.56 Å². The summed E-state index contributed by atoms with van der Waals surface area (Å²) < 4.78 is 42.9. The molecule has 2 N–H and O–H groups in total. The van der Waals surface area contributed by atoms with Gasteiger partial charge in [0.2, 0.25) is 0 Å². The molecule has 0 saturated heterocycles. The number of nitrogens with two attached hydrogens (primary N) is 1. The van der Waals surface area contributed by atoms with Crippen molar-refractivity contribution in [2.45, 2.75) is 39.0 Å². The lowest BCUT2D eigenvalue weighted by molar-refractivity contribution is 0.0992. The Kier molecular flexibility index (Phi) is 4.84. The maximum absolute atomic E-state index is 14.9. The van der Waals surface area contributed by atoms with Crippen LogP contribution in [0, 0.1) is 23.4 Å². The second-order valence-corrected chi connectivity index (χ2v) is 6.64. The Bertz CT molecular complexity index is 809. The molecule has 0 aliphatic heterocycles. The average molecular weight is 347 g/mol. The molecule has 5 heteroatoms. The highest BCUT2D eigenvalue weighted by Crippen LogP contribution is 2.35. The number of carbonyl (C=O) groups excluding carboxylic acids is 1. The Labute approximate surface area is 144 Å². The van der Waals surface area contributed by atoms with Gasteiger partial charge in [0.05, 0.1) is 0 Å². The molecule has 2 aromatic rings. The molecule has 0 saturated carbocycles. The number of halogens is 3. The van der Waals surface area contributed by atoms with Crippen molar-refractivity contribution in [2.75, 3.05) is 0 Å². The number of rotatable bonds is 4. The van der Waals surface area contributed by atoms with Crippen molar-refractivity contribution in [2.24, 2.45) is 11.7 Å². The number of benzene rings is 2. The lowest BCUT2D eigenvalue weighted by Gasteiger charge is -2.25. The summed E-state index contributed by atoms with van der Waals surface area (Å²) in [6, 6.07) is 5.31. The zero-order chi connectivity index (χ0) is 18.1. The molecule has 25 heavy (non-hydrogen) atoms. The molecule has 1 amide bonds. The molecule has 0 heterocycles. The van der Waals surface area contributed by atoms with Crippen LogP contribution in [-0.2, 0) is 12.8 Å². The average Bonchev–Trinajstić information content (AvgIpc) is 2.54. The van der Waals surface area contributed by atoms with Crippen LogP contribution in [-0.4, -0.2) is 5.91 Å². The Morgan fingerprint density at radius 2 is 1.88 bits per heavy atom. The van der Waals surface area contributed by atoms with Crippen molar-refractivity contribution in [1.29, 1.82) is 0 Å². The quantitative estimate of drug-likeness (QED) is 0.850. The second kappa shape index (κ2) is 6.90. The smallest absolute Gasteiger partial charge is 0.254 e. The van der Waals surface area contributed by atoms with E-state index in [2.05, 4.69) is 6.92 Å². The molecule has 0 bridgehead atoms. The largest absolute Gasteiger partial charge is 0.365 e. The highest BCUT2D eigenvalue weighted by Gasteiger charge is 2.24. The summed E-state index contributed by atoms with van der Waals surface area (Å²) in [7, 11) is 0. The number of primary amides is 1. The van der Waals surface area contributed by atoms with Gasteiger partial charge in [-0.15, -0.1) is 0 Å². The third-order valence-electron chi connectivity index (χ3n) is 4.95. The number of hydrogen-bond donors (Lipinski definition) is 1. The lowest BCUT2D eigenvalue weighted by atomic mass is 9.80. The standard InChI is InChI=1S/C20H20F3NO/c1-2-3-11-4-6-14-12(8-11)5-7-15(19(14)23)13-9-16(21)18(20(24)25)17(22)10-13/h5,7,9-11H,2-4,6,8H2,1H3,(H2,24,25). The second-order valence-electron chi connectivity index (χ2n) is 6.64. The molecule has 3 rings (SSSR count). The molecule has 1 aliphatic rings. The van der Waals surface area contributed by atoms with E-state index in [1.165, 1.54) is 0 Å². The molecular weight excluding hydrogens is 327 g/mol. The summed E-state index contributed by atoms with van der Waals surface area (Å²) in [6.45, 7) is 2.14. The predicted molar refractivity (Wildman–Crippen MR) is 90.7 cm³/mol. The zero-order valence-electron chi connectivity index (χ0n) is 14.0. The summed E-state index contributed by atoms with van der Waals surface area (Å²) in [5, 5.41) is 0. The van der Waals surface area contributed by atoms with E-state index in [0.717, 1.165) is 43.4 Å². The monoisotopic (exact) mass is 347 g/mol. The number of amides is 1. The van der Waals surface area contributed by atoms with Crippen LogP contribution in [0.2, 0.25) is 0 Å².